The summed E-state index contributed by atoms with van der Waals surface area (Å²) in [5.74, 6) is -2.50. The van der Waals surface area contributed by atoms with Crippen LogP contribution in [0.2, 0.25) is 0 Å². The van der Waals surface area contributed by atoms with Crippen LogP contribution in [0.4, 0.5) is 26.3 Å². The van der Waals surface area contributed by atoms with E-state index in [0.29, 0.717) is 12.1 Å². The second-order valence-corrected chi connectivity index (χ2v) is 2.87. The van der Waals surface area contributed by atoms with Crippen molar-refractivity contribution in [3.8, 4) is 0 Å². The van der Waals surface area contributed by atoms with E-state index in [1.807, 2.05) is 0 Å². The number of rotatable bonds is 1. The number of ketones is 1. The van der Waals surface area contributed by atoms with E-state index < -0.39 is 29.3 Å². The third-order valence-corrected chi connectivity index (χ3v) is 1.73. The molecule has 0 atom stereocenters. The Labute approximate surface area is 85.7 Å². The molecule has 0 aliphatic rings. The van der Waals surface area contributed by atoms with Crippen molar-refractivity contribution < 1.29 is 31.1 Å². The average Bonchev–Trinajstić information content (AvgIpc) is 2.14. The summed E-state index contributed by atoms with van der Waals surface area (Å²) in [4.78, 5) is 10.7. The average molecular weight is 242 g/mol. The Hall–Kier alpha value is -1.53. The van der Waals surface area contributed by atoms with Crippen molar-refractivity contribution in [2.45, 2.75) is 12.4 Å². The first-order chi connectivity index (χ1) is 7.14. The molecule has 1 rings (SSSR count). The lowest BCUT2D eigenvalue weighted by Gasteiger charge is -2.12. The van der Waals surface area contributed by atoms with E-state index in [0.717, 1.165) is 12.1 Å². The fourth-order valence-corrected chi connectivity index (χ4v) is 1.08. The lowest BCUT2D eigenvalue weighted by Crippen LogP contribution is -2.25. The quantitative estimate of drug-likeness (QED) is 0.544. The van der Waals surface area contributed by atoms with Crippen molar-refractivity contribution in [1.29, 1.82) is 0 Å². The Morgan fingerprint density at radius 2 is 1.44 bits per heavy atom. The minimum Gasteiger partial charge on any atom is -0.284 e. The Morgan fingerprint density at radius 1 is 0.938 bits per heavy atom. The molecule has 0 saturated heterocycles. The summed E-state index contributed by atoms with van der Waals surface area (Å²) in [5.41, 5.74) is -2.97. The Morgan fingerprint density at radius 3 is 1.88 bits per heavy atom. The molecule has 88 valence electrons. The standard InChI is InChI=1S/C9H4F6O/c10-8(11,12)6-4-2-1-3-5(6)7(16)9(13,14)15/h1-4H. The highest BCUT2D eigenvalue weighted by atomic mass is 19.4. The monoisotopic (exact) mass is 242 g/mol. The van der Waals surface area contributed by atoms with E-state index in [4.69, 9.17) is 0 Å². The molecule has 7 heteroatoms. The maximum atomic E-state index is 12.3. The minimum absolute atomic E-state index is 0.430. The molecule has 0 bridgehead atoms. The number of halogens is 6. The number of hydrogen-bond donors (Lipinski definition) is 0. The van der Waals surface area contributed by atoms with Gasteiger partial charge >= 0.3 is 12.4 Å². The van der Waals surface area contributed by atoms with Crippen molar-refractivity contribution in [2.75, 3.05) is 0 Å². The molecule has 16 heavy (non-hydrogen) atoms. The molecular formula is C9H4F6O. The van der Waals surface area contributed by atoms with Crippen LogP contribution in [0.1, 0.15) is 15.9 Å². The highest BCUT2D eigenvalue weighted by molar-refractivity contribution is 6.01. The summed E-state index contributed by atoms with van der Waals surface area (Å²) in [6.07, 6.45) is -10.3. The smallest absolute Gasteiger partial charge is 0.284 e. The SMILES string of the molecule is O=C(c1ccccc1C(F)(F)F)C(F)(F)F. The molecule has 0 amide bonds. The van der Waals surface area contributed by atoms with Gasteiger partial charge in [-0.3, -0.25) is 4.79 Å². The predicted octanol–water partition coefficient (Wildman–Crippen LogP) is 3.45. The molecule has 1 aromatic rings. The highest BCUT2D eigenvalue weighted by Crippen LogP contribution is 2.34. The summed E-state index contributed by atoms with van der Waals surface area (Å²) in [7, 11) is 0. The van der Waals surface area contributed by atoms with Crippen molar-refractivity contribution in [1.82, 2.24) is 0 Å². The van der Waals surface area contributed by atoms with Gasteiger partial charge in [0.25, 0.3) is 5.78 Å². The second-order valence-electron chi connectivity index (χ2n) is 2.87. The number of Topliss-reactive ketones (excluding diaryl/α,β-unsaturated/α-hetero) is 1. The van der Waals surface area contributed by atoms with Gasteiger partial charge in [0.2, 0.25) is 0 Å². The van der Waals surface area contributed by atoms with Crippen LogP contribution >= 0.6 is 0 Å². The highest BCUT2D eigenvalue weighted by Gasteiger charge is 2.44. The number of alkyl halides is 6. The number of carbonyl (C=O) groups is 1. The first-order valence-electron chi connectivity index (χ1n) is 3.92. The second kappa shape index (κ2) is 3.80. The van der Waals surface area contributed by atoms with Crippen LogP contribution in [0.15, 0.2) is 24.3 Å². The molecule has 0 saturated carbocycles. The van der Waals surface area contributed by atoms with Crippen LogP contribution in [-0.2, 0) is 6.18 Å². The number of carbonyl (C=O) groups excluding carboxylic acids is 1. The molecule has 0 aliphatic carbocycles. The lowest BCUT2D eigenvalue weighted by molar-refractivity contribution is -0.138. The Balaban J connectivity index is 3.31. The zero-order valence-electron chi connectivity index (χ0n) is 7.49. The van der Waals surface area contributed by atoms with Crippen molar-refractivity contribution in [2.24, 2.45) is 0 Å². The number of hydrogen-bond acceptors (Lipinski definition) is 1. The Bertz CT molecular complexity index is 403. The third-order valence-electron chi connectivity index (χ3n) is 1.73. The molecule has 1 nitrogen and oxygen atoms in total. The van der Waals surface area contributed by atoms with Gasteiger partial charge in [-0.1, -0.05) is 18.2 Å². The minimum atomic E-state index is -5.32. The molecule has 0 unspecified atom stereocenters. The third kappa shape index (κ3) is 2.53. The summed E-state index contributed by atoms with van der Waals surface area (Å²) in [6, 6.07) is 2.78. The fraction of sp³-hybridized carbons (Fsp3) is 0.222. The normalized spacial score (nSPS) is 12.6. The zero-order chi connectivity index (χ0) is 12.6. The van der Waals surface area contributed by atoms with E-state index in [9.17, 15) is 31.1 Å². The lowest BCUT2D eigenvalue weighted by atomic mass is 10.0. The predicted molar refractivity (Wildman–Crippen MR) is 41.8 cm³/mol. The molecule has 1 aromatic carbocycles. The largest absolute Gasteiger partial charge is 0.454 e. The maximum absolute atomic E-state index is 12.3. The van der Waals surface area contributed by atoms with Gasteiger partial charge in [0.05, 0.1) is 5.56 Å². The molecule has 0 radical (unpaired) electrons. The molecule has 0 heterocycles. The van der Waals surface area contributed by atoms with E-state index in [1.165, 1.54) is 0 Å². The van der Waals surface area contributed by atoms with Gasteiger partial charge in [0.15, 0.2) is 0 Å². The van der Waals surface area contributed by atoms with Crippen LogP contribution in [0.3, 0.4) is 0 Å². The van der Waals surface area contributed by atoms with E-state index in [2.05, 4.69) is 0 Å². The number of benzene rings is 1. The van der Waals surface area contributed by atoms with Crippen molar-refractivity contribution in [3.05, 3.63) is 35.4 Å². The van der Waals surface area contributed by atoms with Crippen LogP contribution in [-0.4, -0.2) is 12.0 Å². The maximum Gasteiger partial charge on any atom is 0.454 e. The first-order valence-corrected chi connectivity index (χ1v) is 3.92. The molecule has 0 aromatic heterocycles. The van der Waals surface area contributed by atoms with Gasteiger partial charge < -0.3 is 0 Å². The van der Waals surface area contributed by atoms with Gasteiger partial charge in [-0.25, -0.2) is 0 Å². The molecule has 0 N–H and O–H groups in total. The topological polar surface area (TPSA) is 17.1 Å². The van der Waals surface area contributed by atoms with Crippen LogP contribution in [0, 0.1) is 0 Å². The van der Waals surface area contributed by atoms with Gasteiger partial charge in [-0.05, 0) is 6.07 Å². The van der Waals surface area contributed by atoms with Gasteiger partial charge in [0, 0.05) is 5.56 Å². The van der Waals surface area contributed by atoms with Crippen molar-refractivity contribution >= 4 is 5.78 Å². The van der Waals surface area contributed by atoms with E-state index in [1.54, 1.807) is 0 Å². The fourth-order valence-electron chi connectivity index (χ4n) is 1.08. The Kier molecular flexibility index (Phi) is 2.98. The van der Waals surface area contributed by atoms with Crippen LogP contribution < -0.4 is 0 Å². The van der Waals surface area contributed by atoms with Gasteiger partial charge in [0.1, 0.15) is 0 Å². The summed E-state index contributed by atoms with van der Waals surface area (Å²) in [6.45, 7) is 0. The summed E-state index contributed by atoms with van der Waals surface area (Å²) < 4.78 is 72.8. The first kappa shape index (κ1) is 12.5. The molecular weight excluding hydrogens is 238 g/mol. The molecule has 0 spiro atoms. The zero-order valence-corrected chi connectivity index (χ0v) is 7.49. The molecule has 0 aliphatic heterocycles. The summed E-state index contributed by atoms with van der Waals surface area (Å²) in [5, 5.41) is 0. The molecule has 0 fully saturated rings. The summed E-state index contributed by atoms with van der Waals surface area (Å²) >= 11 is 0. The van der Waals surface area contributed by atoms with Gasteiger partial charge in [-0.15, -0.1) is 0 Å². The van der Waals surface area contributed by atoms with Crippen LogP contribution in [0.25, 0.3) is 0 Å². The van der Waals surface area contributed by atoms with Crippen LogP contribution in [0.5, 0.6) is 0 Å². The van der Waals surface area contributed by atoms with Crippen molar-refractivity contribution in [3.63, 3.8) is 0 Å². The van der Waals surface area contributed by atoms with Gasteiger partial charge in [-0.2, -0.15) is 26.3 Å². The van der Waals surface area contributed by atoms with E-state index >= 15 is 0 Å². The van der Waals surface area contributed by atoms with E-state index in [-0.39, 0.29) is 0 Å².